The predicted molar refractivity (Wildman–Crippen MR) is 96.0 cm³/mol. The summed E-state index contributed by atoms with van der Waals surface area (Å²) in [6.45, 7) is 2.17. The molecule has 3 aromatic rings. The van der Waals surface area contributed by atoms with Crippen molar-refractivity contribution in [1.82, 2.24) is 14.8 Å². The standard InChI is InChI=1S/C19H18N4O3/c1-12-15-9-14(10-20-18(15)22(2)21-12)19(25)26-11-17(24)23-8-7-13-5-3-4-6-16(13)23/h3-6,9-10H,7-8,11H2,1-2H3. The second kappa shape index (κ2) is 6.25. The molecule has 1 aromatic carbocycles. The van der Waals surface area contributed by atoms with Crippen LogP contribution in [0.4, 0.5) is 5.69 Å². The number of carbonyl (C=O) groups is 2. The van der Waals surface area contributed by atoms with Crippen LogP contribution in [-0.2, 0) is 23.0 Å². The van der Waals surface area contributed by atoms with Crippen LogP contribution >= 0.6 is 0 Å². The topological polar surface area (TPSA) is 77.3 Å². The van der Waals surface area contributed by atoms with Gasteiger partial charge in [0.1, 0.15) is 0 Å². The van der Waals surface area contributed by atoms with E-state index >= 15 is 0 Å². The van der Waals surface area contributed by atoms with Gasteiger partial charge in [-0.3, -0.25) is 9.48 Å². The Kier molecular flexibility index (Phi) is 3.91. The number of rotatable bonds is 3. The monoisotopic (exact) mass is 350 g/mol. The second-order valence-electron chi connectivity index (χ2n) is 6.30. The van der Waals surface area contributed by atoms with E-state index in [-0.39, 0.29) is 12.5 Å². The lowest BCUT2D eigenvalue weighted by atomic mass is 10.2. The molecule has 0 unspecified atom stereocenters. The third kappa shape index (κ3) is 2.71. The molecule has 2 aromatic heterocycles. The molecule has 0 radical (unpaired) electrons. The van der Waals surface area contributed by atoms with Crippen molar-refractivity contribution < 1.29 is 14.3 Å². The number of hydrogen-bond acceptors (Lipinski definition) is 5. The van der Waals surface area contributed by atoms with Crippen LogP contribution in [0, 0.1) is 6.92 Å². The minimum Gasteiger partial charge on any atom is -0.452 e. The van der Waals surface area contributed by atoms with Crippen LogP contribution in [0.3, 0.4) is 0 Å². The van der Waals surface area contributed by atoms with E-state index in [9.17, 15) is 9.59 Å². The molecule has 0 spiro atoms. The van der Waals surface area contributed by atoms with Gasteiger partial charge < -0.3 is 9.64 Å². The molecule has 0 saturated carbocycles. The quantitative estimate of drug-likeness (QED) is 0.676. The fourth-order valence-corrected chi connectivity index (χ4v) is 3.31. The molecule has 1 aliphatic rings. The van der Waals surface area contributed by atoms with Gasteiger partial charge in [0.15, 0.2) is 12.3 Å². The molecule has 0 fully saturated rings. The van der Waals surface area contributed by atoms with Crippen molar-refractivity contribution in [2.24, 2.45) is 7.05 Å². The lowest BCUT2D eigenvalue weighted by molar-refractivity contribution is -0.121. The van der Waals surface area contributed by atoms with Gasteiger partial charge in [0.2, 0.25) is 0 Å². The number of hydrogen-bond donors (Lipinski definition) is 0. The van der Waals surface area contributed by atoms with Gasteiger partial charge in [-0.2, -0.15) is 5.10 Å². The highest BCUT2D eigenvalue weighted by molar-refractivity contribution is 5.99. The highest BCUT2D eigenvalue weighted by Gasteiger charge is 2.25. The van der Waals surface area contributed by atoms with Crippen LogP contribution < -0.4 is 4.90 Å². The van der Waals surface area contributed by atoms with Crippen molar-refractivity contribution in [3.05, 3.63) is 53.3 Å². The number of carbonyl (C=O) groups excluding carboxylic acids is 2. The molecular weight excluding hydrogens is 332 g/mol. The molecule has 132 valence electrons. The highest BCUT2D eigenvalue weighted by atomic mass is 16.5. The average molecular weight is 350 g/mol. The zero-order valence-electron chi connectivity index (χ0n) is 14.6. The number of ether oxygens (including phenoxy) is 1. The summed E-state index contributed by atoms with van der Waals surface area (Å²) in [5, 5.41) is 5.07. The van der Waals surface area contributed by atoms with Gasteiger partial charge >= 0.3 is 5.97 Å². The fraction of sp³-hybridized carbons (Fsp3) is 0.263. The number of aryl methyl sites for hydroxylation is 2. The number of esters is 1. The maximum atomic E-state index is 12.4. The second-order valence-corrected chi connectivity index (χ2v) is 6.30. The van der Waals surface area contributed by atoms with Crippen molar-refractivity contribution in [2.45, 2.75) is 13.3 Å². The van der Waals surface area contributed by atoms with Crippen LogP contribution in [0.5, 0.6) is 0 Å². The van der Waals surface area contributed by atoms with E-state index in [0.717, 1.165) is 28.8 Å². The van der Waals surface area contributed by atoms with Crippen molar-refractivity contribution >= 4 is 28.6 Å². The Morgan fingerprint density at radius 3 is 2.92 bits per heavy atom. The maximum absolute atomic E-state index is 12.4. The number of para-hydroxylation sites is 1. The Balaban J connectivity index is 1.46. The van der Waals surface area contributed by atoms with Crippen LogP contribution in [0.2, 0.25) is 0 Å². The first-order chi connectivity index (χ1) is 12.5. The summed E-state index contributed by atoms with van der Waals surface area (Å²) in [7, 11) is 1.80. The van der Waals surface area contributed by atoms with Crippen LogP contribution in [-0.4, -0.2) is 39.8 Å². The van der Waals surface area contributed by atoms with E-state index < -0.39 is 5.97 Å². The van der Waals surface area contributed by atoms with E-state index in [1.807, 2.05) is 31.2 Å². The summed E-state index contributed by atoms with van der Waals surface area (Å²) < 4.78 is 6.88. The summed E-state index contributed by atoms with van der Waals surface area (Å²) in [4.78, 5) is 30.7. The van der Waals surface area contributed by atoms with E-state index in [1.165, 1.54) is 6.20 Å². The highest BCUT2D eigenvalue weighted by Crippen LogP contribution is 2.27. The first-order valence-electron chi connectivity index (χ1n) is 8.39. The molecule has 3 heterocycles. The van der Waals surface area contributed by atoms with Crippen molar-refractivity contribution in [3.63, 3.8) is 0 Å². The van der Waals surface area contributed by atoms with Crippen LogP contribution in [0.15, 0.2) is 36.5 Å². The Labute approximate surface area is 150 Å². The molecule has 4 rings (SSSR count). The molecule has 26 heavy (non-hydrogen) atoms. The summed E-state index contributed by atoms with van der Waals surface area (Å²) >= 11 is 0. The smallest absolute Gasteiger partial charge is 0.340 e. The van der Waals surface area contributed by atoms with E-state index in [1.54, 1.807) is 22.7 Å². The number of anilines is 1. The van der Waals surface area contributed by atoms with E-state index in [2.05, 4.69) is 10.1 Å². The Hall–Kier alpha value is -3.22. The molecule has 7 heteroatoms. The maximum Gasteiger partial charge on any atom is 0.340 e. The summed E-state index contributed by atoms with van der Waals surface area (Å²) in [5.74, 6) is -0.793. The van der Waals surface area contributed by atoms with Crippen molar-refractivity contribution in [3.8, 4) is 0 Å². The summed E-state index contributed by atoms with van der Waals surface area (Å²) in [6.07, 6.45) is 2.26. The molecule has 0 aliphatic carbocycles. The van der Waals surface area contributed by atoms with Crippen LogP contribution in [0.25, 0.3) is 11.0 Å². The number of nitrogens with zero attached hydrogens (tertiary/aromatic N) is 4. The van der Waals surface area contributed by atoms with Gasteiger partial charge in [-0.25, -0.2) is 9.78 Å². The Morgan fingerprint density at radius 1 is 1.27 bits per heavy atom. The van der Waals surface area contributed by atoms with Gasteiger partial charge in [-0.05, 0) is 31.0 Å². The number of amides is 1. The Morgan fingerprint density at radius 2 is 2.08 bits per heavy atom. The first kappa shape index (κ1) is 16.3. The van der Waals surface area contributed by atoms with E-state index in [0.29, 0.717) is 17.8 Å². The molecule has 1 aliphatic heterocycles. The number of benzene rings is 1. The fourth-order valence-electron chi connectivity index (χ4n) is 3.31. The van der Waals surface area contributed by atoms with Crippen LogP contribution in [0.1, 0.15) is 21.6 Å². The minimum absolute atomic E-state index is 0.227. The zero-order valence-corrected chi connectivity index (χ0v) is 14.6. The molecule has 0 atom stereocenters. The molecule has 0 saturated heterocycles. The molecule has 0 bridgehead atoms. The average Bonchev–Trinajstić information content (AvgIpc) is 3.20. The summed E-state index contributed by atoms with van der Waals surface area (Å²) in [5.41, 5.74) is 3.82. The molecular formula is C19H18N4O3. The first-order valence-corrected chi connectivity index (χ1v) is 8.39. The van der Waals surface area contributed by atoms with Crippen molar-refractivity contribution in [2.75, 3.05) is 18.1 Å². The number of fused-ring (bicyclic) bond motifs is 2. The summed E-state index contributed by atoms with van der Waals surface area (Å²) in [6, 6.07) is 9.46. The SMILES string of the molecule is Cc1nn(C)c2ncc(C(=O)OCC(=O)N3CCc4ccccc43)cc12. The predicted octanol–water partition coefficient (Wildman–Crippen LogP) is 2.02. The van der Waals surface area contributed by atoms with Gasteiger partial charge in [0.05, 0.1) is 11.3 Å². The van der Waals surface area contributed by atoms with Gasteiger partial charge in [-0.15, -0.1) is 0 Å². The van der Waals surface area contributed by atoms with Crippen molar-refractivity contribution in [1.29, 1.82) is 0 Å². The number of pyridine rings is 1. The largest absolute Gasteiger partial charge is 0.452 e. The van der Waals surface area contributed by atoms with Gasteiger partial charge in [0.25, 0.3) is 5.91 Å². The molecule has 7 nitrogen and oxygen atoms in total. The lowest BCUT2D eigenvalue weighted by Gasteiger charge is -2.17. The zero-order chi connectivity index (χ0) is 18.3. The van der Waals surface area contributed by atoms with Gasteiger partial charge in [-0.1, -0.05) is 18.2 Å². The normalized spacial score (nSPS) is 13.1. The minimum atomic E-state index is -0.566. The third-order valence-corrected chi connectivity index (χ3v) is 4.61. The molecule has 1 amide bonds. The van der Waals surface area contributed by atoms with E-state index in [4.69, 9.17) is 4.74 Å². The number of aromatic nitrogens is 3. The lowest BCUT2D eigenvalue weighted by Crippen LogP contribution is -2.33. The third-order valence-electron chi connectivity index (χ3n) is 4.61. The van der Waals surface area contributed by atoms with Gasteiger partial charge in [0, 0.05) is 30.9 Å². The molecule has 0 N–H and O–H groups in total. The Bertz CT molecular complexity index is 1020.